The lowest BCUT2D eigenvalue weighted by atomic mass is 9.84. The van der Waals surface area contributed by atoms with E-state index in [0.717, 1.165) is 24.8 Å². The molecule has 0 aromatic heterocycles. The average Bonchev–Trinajstić information content (AvgIpc) is 2.34. The molecule has 4 heteroatoms. The molecule has 1 amide bonds. The van der Waals surface area contributed by atoms with E-state index in [1.54, 1.807) is 7.05 Å². The molecule has 0 aliphatic heterocycles. The zero-order chi connectivity index (χ0) is 13.8. The first-order valence-electron chi connectivity index (χ1n) is 6.63. The summed E-state index contributed by atoms with van der Waals surface area (Å²) in [6.07, 6.45) is 3.20. The van der Waals surface area contributed by atoms with E-state index in [2.05, 4.69) is 0 Å². The first-order chi connectivity index (χ1) is 9.09. The van der Waals surface area contributed by atoms with Crippen LogP contribution in [0.3, 0.4) is 0 Å². The van der Waals surface area contributed by atoms with Crippen LogP contribution in [0.1, 0.15) is 24.8 Å². The summed E-state index contributed by atoms with van der Waals surface area (Å²) in [6.45, 7) is 0. The van der Waals surface area contributed by atoms with Crippen LogP contribution in [0.15, 0.2) is 30.3 Å². The SMILES string of the molecule is CN(C(=O)C1CCC1)C(Cc1ccccc1)C(=O)O. The van der Waals surface area contributed by atoms with E-state index in [9.17, 15) is 14.7 Å². The number of rotatable bonds is 5. The first kappa shape index (κ1) is 13.6. The Hall–Kier alpha value is -1.84. The second kappa shape index (κ2) is 5.87. The molecule has 2 rings (SSSR count). The van der Waals surface area contributed by atoms with Crippen molar-refractivity contribution in [1.82, 2.24) is 4.90 Å². The van der Waals surface area contributed by atoms with Crippen molar-refractivity contribution in [2.45, 2.75) is 31.7 Å². The molecule has 0 bridgehead atoms. The van der Waals surface area contributed by atoms with Crippen molar-refractivity contribution < 1.29 is 14.7 Å². The van der Waals surface area contributed by atoms with E-state index in [0.29, 0.717) is 6.42 Å². The summed E-state index contributed by atoms with van der Waals surface area (Å²) >= 11 is 0. The summed E-state index contributed by atoms with van der Waals surface area (Å²) < 4.78 is 0. The Morgan fingerprint density at radius 3 is 2.42 bits per heavy atom. The Morgan fingerprint density at radius 2 is 1.95 bits per heavy atom. The minimum absolute atomic E-state index is 0.0302. The maximum Gasteiger partial charge on any atom is 0.326 e. The molecule has 1 fully saturated rings. The van der Waals surface area contributed by atoms with E-state index in [1.165, 1.54) is 4.90 Å². The fraction of sp³-hybridized carbons (Fsp3) is 0.467. The highest BCUT2D eigenvalue weighted by molar-refractivity contribution is 5.85. The van der Waals surface area contributed by atoms with E-state index in [1.807, 2.05) is 30.3 Å². The van der Waals surface area contributed by atoms with Crippen molar-refractivity contribution in [1.29, 1.82) is 0 Å². The number of carbonyl (C=O) groups excluding carboxylic acids is 1. The summed E-state index contributed by atoms with van der Waals surface area (Å²) in [6, 6.07) is 8.64. The predicted molar refractivity (Wildman–Crippen MR) is 71.7 cm³/mol. The quantitative estimate of drug-likeness (QED) is 0.881. The lowest BCUT2D eigenvalue weighted by Gasteiger charge is -2.32. The van der Waals surface area contributed by atoms with E-state index in [-0.39, 0.29) is 11.8 Å². The average molecular weight is 261 g/mol. The second-order valence-corrected chi connectivity index (χ2v) is 5.12. The van der Waals surface area contributed by atoms with Gasteiger partial charge in [0, 0.05) is 19.4 Å². The van der Waals surface area contributed by atoms with E-state index in [4.69, 9.17) is 0 Å². The molecular formula is C15H19NO3. The normalized spacial score (nSPS) is 16.5. The van der Waals surface area contributed by atoms with Gasteiger partial charge in [-0.25, -0.2) is 4.79 Å². The molecule has 1 unspecified atom stereocenters. The first-order valence-corrected chi connectivity index (χ1v) is 6.63. The molecule has 1 N–H and O–H groups in total. The van der Waals surface area contributed by atoms with Gasteiger partial charge in [-0.2, -0.15) is 0 Å². The zero-order valence-electron chi connectivity index (χ0n) is 11.1. The van der Waals surface area contributed by atoms with Crippen molar-refractivity contribution in [3.05, 3.63) is 35.9 Å². The van der Waals surface area contributed by atoms with Gasteiger partial charge < -0.3 is 10.0 Å². The fourth-order valence-corrected chi connectivity index (χ4v) is 2.32. The molecule has 19 heavy (non-hydrogen) atoms. The minimum atomic E-state index is -0.945. The molecule has 102 valence electrons. The van der Waals surface area contributed by atoms with Crippen LogP contribution in [0.4, 0.5) is 0 Å². The number of benzene rings is 1. The number of carboxylic acid groups (broad SMARTS) is 1. The van der Waals surface area contributed by atoms with Crippen LogP contribution in [-0.4, -0.2) is 35.0 Å². The minimum Gasteiger partial charge on any atom is -0.480 e. The second-order valence-electron chi connectivity index (χ2n) is 5.12. The summed E-state index contributed by atoms with van der Waals surface area (Å²) in [5.41, 5.74) is 0.933. The van der Waals surface area contributed by atoms with Gasteiger partial charge in [-0.1, -0.05) is 36.8 Å². The molecule has 0 heterocycles. The van der Waals surface area contributed by atoms with Gasteiger partial charge in [-0.3, -0.25) is 4.79 Å². The van der Waals surface area contributed by atoms with Crippen molar-refractivity contribution in [2.75, 3.05) is 7.05 Å². The van der Waals surface area contributed by atoms with Gasteiger partial charge in [0.2, 0.25) is 5.91 Å². The predicted octanol–water partition coefficient (Wildman–Crippen LogP) is 1.94. The Bertz CT molecular complexity index is 454. The van der Waals surface area contributed by atoms with Gasteiger partial charge in [0.1, 0.15) is 6.04 Å². The monoisotopic (exact) mass is 261 g/mol. The standard InChI is InChI=1S/C15H19NO3/c1-16(14(17)12-8-5-9-12)13(15(18)19)10-11-6-3-2-4-7-11/h2-4,6-7,12-13H,5,8-10H2,1H3,(H,18,19). The maximum absolute atomic E-state index is 12.1. The summed E-state index contributed by atoms with van der Waals surface area (Å²) in [7, 11) is 1.60. The number of hydrogen-bond donors (Lipinski definition) is 1. The molecule has 0 radical (unpaired) electrons. The highest BCUT2D eigenvalue weighted by atomic mass is 16.4. The third kappa shape index (κ3) is 3.13. The number of amides is 1. The third-order valence-corrected chi connectivity index (χ3v) is 3.83. The van der Waals surface area contributed by atoms with Crippen molar-refractivity contribution in [2.24, 2.45) is 5.92 Å². The molecule has 0 saturated heterocycles. The highest BCUT2D eigenvalue weighted by Crippen LogP contribution is 2.28. The molecule has 1 aromatic rings. The van der Waals surface area contributed by atoms with Gasteiger partial charge in [0.25, 0.3) is 0 Å². The van der Waals surface area contributed by atoms with Gasteiger partial charge in [-0.15, -0.1) is 0 Å². The van der Waals surface area contributed by atoms with Crippen LogP contribution in [0.5, 0.6) is 0 Å². The lowest BCUT2D eigenvalue weighted by Crippen LogP contribution is -2.47. The van der Waals surface area contributed by atoms with E-state index >= 15 is 0 Å². The van der Waals surface area contributed by atoms with E-state index < -0.39 is 12.0 Å². The molecule has 1 aliphatic carbocycles. The number of hydrogen-bond acceptors (Lipinski definition) is 2. The van der Waals surface area contributed by atoms with Crippen molar-refractivity contribution in [3.8, 4) is 0 Å². The van der Waals surface area contributed by atoms with Crippen LogP contribution in [-0.2, 0) is 16.0 Å². The Labute approximate surface area is 113 Å². The topological polar surface area (TPSA) is 57.6 Å². The fourth-order valence-electron chi connectivity index (χ4n) is 2.32. The summed E-state index contributed by atoms with van der Waals surface area (Å²) in [5, 5.41) is 9.33. The number of likely N-dealkylation sites (N-methyl/N-ethyl adjacent to an activating group) is 1. The Morgan fingerprint density at radius 1 is 1.32 bits per heavy atom. The molecular weight excluding hydrogens is 242 g/mol. The summed E-state index contributed by atoms with van der Waals surface area (Å²) in [5.74, 6) is -0.948. The maximum atomic E-state index is 12.1. The highest BCUT2D eigenvalue weighted by Gasteiger charge is 2.33. The zero-order valence-corrected chi connectivity index (χ0v) is 11.1. The molecule has 1 saturated carbocycles. The smallest absolute Gasteiger partial charge is 0.326 e. The van der Waals surface area contributed by atoms with Gasteiger partial charge >= 0.3 is 5.97 Å². The molecule has 1 aromatic carbocycles. The lowest BCUT2D eigenvalue weighted by molar-refractivity contribution is -0.151. The third-order valence-electron chi connectivity index (χ3n) is 3.83. The Kier molecular flexibility index (Phi) is 4.20. The number of nitrogens with zero attached hydrogens (tertiary/aromatic N) is 1. The van der Waals surface area contributed by atoms with Crippen molar-refractivity contribution in [3.63, 3.8) is 0 Å². The van der Waals surface area contributed by atoms with Gasteiger partial charge in [0.15, 0.2) is 0 Å². The van der Waals surface area contributed by atoms with Crippen LogP contribution < -0.4 is 0 Å². The molecule has 1 atom stereocenters. The van der Waals surface area contributed by atoms with Gasteiger partial charge in [-0.05, 0) is 18.4 Å². The van der Waals surface area contributed by atoms with Crippen molar-refractivity contribution >= 4 is 11.9 Å². The van der Waals surface area contributed by atoms with Gasteiger partial charge in [0.05, 0.1) is 0 Å². The molecule has 1 aliphatic rings. The largest absolute Gasteiger partial charge is 0.480 e. The number of carbonyl (C=O) groups is 2. The van der Waals surface area contributed by atoms with Crippen LogP contribution in [0.2, 0.25) is 0 Å². The van der Waals surface area contributed by atoms with Crippen LogP contribution in [0, 0.1) is 5.92 Å². The summed E-state index contributed by atoms with van der Waals surface area (Å²) in [4.78, 5) is 24.9. The van der Waals surface area contributed by atoms with Crippen LogP contribution >= 0.6 is 0 Å². The molecule has 4 nitrogen and oxygen atoms in total. The van der Waals surface area contributed by atoms with Crippen LogP contribution in [0.25, 0.3) is 0 Å². The number of aliphatic carboxylic acids is 1. The number of carboxylic acids is 1. The molecule has 0 spiro atoms. The Balaban J connectivity index is 2.06.